The smallest absolute Gasteiger partial charge is 0.186 e. The van der Waals surface area contributed by atoms with Gasteiger partial charge in [0.2, 0.25) is 0 Å². The summed E-state index contributed by atoms with van der Waals surface area (Å²) in [6, 6.07) is 6.75. The van der Waals surface area contributed by atoms with Crippen LogP contribution in [0.1, 0.15) is 18.9 Å². The number of aromatic hydroxyl groups is 1. The van der Waals surface area contributed by atoms with Gasteiger partial charge in [-0.25, -0.2) is 0 Å². The zero-order chi connectivity index (χ0) is 23.5. The lowest BCUT2D eigenvalue weighted by atomic mass is 9.99. The molecule has 7 N–H and O–H groups in total. The molecule has 0 amide bonds. The summed E-state index contributed by atoms with van der Waals surface area (Å²) in [6.45, 7) is 0.377. The van der Waals surface area contributed by atoms with E-state index < -0.39 is 55.3 Å². The summed E-state index contributed by atoms with van der Waals surface area (Å²) in [5.41, 5.74) is -0.867. The summed E-state index contributed by atoms with van der Waals surface area (Å²) in [6.07, 6.45) is -8.83. The van der Waals surface area contributed by atoms with E-state index in [0.717, 1.165) is 5.56 Å². The molecule has 11 nitrogen and oxygen atoms in total. The molecular weight excluding hydrogens is 428 g/mol. The Morgan fingerprint density at radius 1 is 1.06 bits per heavy atom. The van der Waals surface area contributed by atoms with E-state index in [1.54, 1.807) is 31.2 Å². The number of ether oxygens (including phenoxy) is 4. The van der Waals surface area contributed by atoms with E-state index in [1.165, 1.54) is 0 Å². The largest absolute Gasteiger partial charge is 0.508 e. The molecule has 0 aliphatic carbocycles. The minimum absolute atomic E-state index is 0.175. The highest BCUT2D eigenvalue weighted by molar-refractivity contribution is 5.25. The Labute approximate surface area is 185 Å². The maximum atomic E-state index is 10.3. The van der Waals surface area contributed by atoms with E-state index >= 15 is 0 Å². The number of hydrogen-bond donors (Lipinski definition) is 7. The first-order valence-corrected chi connectivity index (χ1v) is 10.5. The van der Waals surface area contributed by atoms with Gasteiger partial charge in [-0.1, -0.05) is 12.1 Å². The fourth-order valence-corrected chi connectivity index (χ4v) is 3.62. The molecule has 2 fully saturated rings. The second-order valence-corrected chi connectivity index (χ2v) is 8.39. The molecule has 1 aromatic rings. The Morgan fingerprint density at radius 2 is 1.75 bits per heavy atom. The summed E-state index contributed by atoms with van der Waals surface area (Å²) in [4.78, 5) is 0. The third-order valence-corrected chi connectivity index (χ3v) is 5.82. The number of aliphatic hydroxyl groups excluding tert-OH is 5. The van der Waals surface area contributed by atoms with Crippen molar-refractivity contribution in [3.05, 3.63) is 29.8 Å². The van der Waals surface area contributed by atoms with Crippen LogP contribution in [0.15, 0.2) is 24.3 Å². The second-order valence-electron chi connectivity index (χ2n) is 8.39. The summed E-state index contributed by atoms with van der Waals surface area (Å²) in [7, 11) is 0. The van der Waals surface area contributed by atoms with Gasteiger partial charge in [-0.2, -0.15) is 0 Å². The summed E-state index contributed by atoms with van der Waals surface area (Å²) in [5, 5.41) is 69.3. The summed E-state index contributed by atoms with van der Waals surface area (Å²) < 4.78 is 21.9. The van der Waals surface area contributed by atoms with Crippen molar-refractivity contribution in [2.24, 2.45) is 0 Å². The molecule has 0 spiro atoms. The van der Waals surface area contributed by atoms with E-state index in [1.807, 2.05) is 0 Å². The molecule has 0 bridgehead atoms. The molecule has 182 valence electrons. The molecule has 32 heavy (non-hydrogen) atoms. The Morgan fingerprint density at radius 3 is 2.38 bits per heavy atom. The minimum atomic E-state index is -1.86. The van der Waals surface area contributed by atoms with Crippen LogP contribution in [-0.2, 0) is 25.4 Å². The van der Waals surface area contributed by atoms with E-state index in [2.05, 4.69) is 0 Å². The van der Waals surface area contributed by atoms with Crippen LogP contribution >= 0.6 is 0 Å². The topological polar surface area (TPSA) is 179 Å². The van der Waals surface area contributed by atoms with Gasteiger partial charge in [0.1, 0.15) is 41.9 Å². The second kappa shape index (κ2) is 10.7. The van der Waals surface area contributed by atoms with Crippen LogP contribution < -0.4 is 0 Å². The van der Waals surface area contributed by atoms with Crippen LogP contribution in [0.4, 0.5) is 0 Å². The lowest BCUT2D eigenvalue weighted by Gasteiger charge is -2.41. The fraction of sp³-hybridized carbons (Fsp3) is 0.714. The highest BCUT2D eigenvalue weighted by Gasteiger charge is 2.50. The van der Waals surface area contributed by atoms with Crippen LogP contribution in [0.25, 0.3) is 0 Å². The Balaban J connectivity index is 1.52. The molecule has 0 aromatic heterocycles. The van der Waals surface area contributed by atoms with E-state index in [0.29, 0.717) is 12.8 Å². The average molecular weight is 460 g/mol. The van der Waals surface area contributed by atoms with Gasteiger partial charge in [0.15, 0.2) is 12.6 Å². The highest BCUT2D eigenvalue weighted by Crippen LogP contribution is 2.28. The van der Waals surface area contributed by atoms with Gasteiger partial charge in [0.05, 0.1) is 25.9 Å². The molecule has 3 rings (SSSR count). The molecule has 2 aliphatic rings. The molecular formula is C21H32O11. The number of benzene rings is 1. The highest BCUT2D eigenvalue weighted by atomic mass is 16.7. The molecule has 11 heteroatoms. The lowest BCUT2D eigenvalue weighted by molar-refractivity contribution is -0.317. The molecule has 2 aliphatic heterocycles. The SMILES string of the molecule is C[C@@H](CCc1ccc(O)cc1)O[C@@H]1O[C@H](CO[C@H]2OC[C@](O)(CO)[C@H]2O)[C@@H](O)[C@H](O)[C@H]1O. The first-order valence-electron chi connectivity index (χ1n) is 10.5. The van der Waals surface area contributed by atoms with E-state index in [4.69, 9.17) is 18.9 Å². The average Bonchev–Trinajstić information content (AvgIpc) is 3.07. The number of phenols is 1. The van der Waals surface area contributed by atoms with Crippen molar-refractivity contribution in [3.63, 3.8) is 0 Å². The Hall–Kier alpha value is -1.38. The predicted molar refractivity (Wildman–Crippen MR) is 107 cm³/mol. The number of phenolic OH excluding ortho intramolecular Hbond substituents is 1. The van der Waals surface area contributed by atoms with Crippen molar-refractivity contribution < 1.29 is 54.7 Å². The molecule has 9 atom stereocenters. The first-order chi connectivity index (χ1) is 15.1. The minimum Gasteiger partial charge on any atom is -0.508 e. The zero-order valence-corrected chi connectivity index (χ0v) is 17.7. The number of aliphatic hydroxyl groups is 6. The van der Waals surface area contributed by atoms with Gasteiger partial charge in [-0.3, -0.25) is 0 Å². The fourth-order valence-electron chi connectivity index (χ4n) is 3.62. The third-order valence-electron chi connectivity index (χ3n) is 5.82. The lowest BCUT2D eigenvalue weighted by Crippen LogP contribution is -2.60. The van der Waals surface area contributed by atoms with Gasteiger partial charge >= 0.3 is 0 Å². The van der Waals surface area contributed by atoms with E-state index in [9.17, 15) is 35.7 Å². The van der Waals surface area contributed by atoms with Gasteiger partial charge in [-0.05, 0) is 37.5 Å². The predicted octanol–water partition coefficient (Wildman–Crippen LogP) is -2.01. The number of rotatable bonds is 9. The van der Waals surface area contributed by atoms with E-state index in [-0.39, 0.29) is 25.1 Å². The van der Waals surface area contributed by atoms with Gasteiger partial charge in [-0.15, -0.1) is 0 Å². The summed E-state index contributed by atoms with van der Waals surface area (Å²) >= 11 is 0. The Kier molecular flexibility index (Phi) is 8.44. The van der Waals surface area contributed by atoms with Gasteiger partial charge < -0.3 is 54.7 Å². The van der Waals surface area contributed by atoms with Crippen LogP contribution in [0, 0.1) is 0 Å². The van der Waals surface area contributed by atoms with Gasteiger partial charge in [0, 0.05) is 0 Å². The quantitative estimate of drug-likeness (QED) is 0.217. The standard InChI is InChI=1S/C21H32O11/c1-11(2-3-12-4-6-13(23)7-5-12)31-19-17(26)16(25)15(24)14(32-19)8-29-20-18(27)21(28,9-22)10-30-20/h4-7,11,14-20,22-28H,2-3,8-10H2,1H3/t11-,14+,15+,16-,17+,18-,19+,20-,21+/m0/s1. The first kappa shape index (κ1) is 25.2. The molecule has 0 radical (unpaired) electrons. The Bertz CT molecular complexity index is 716. The molecule has 1 aromatic carbocycles. The number of aryl methyl sites for hydroxylation is 1. The van der Waals surface area contributed by atoms with Crippen LogP contribution in [0.2, 0.25) is 0 Å². The van der Waals surface area contributed by atoms with Crippen molar-refractivity contribution in [2.45, 2.75) is 74.6 Å². The maximum absolute atomic E-state index is 10.3. The van der Waals surface area contributed by atoms with Crippen LogP contribution in [-0.4, -0.2) is 110 Å². The van der Waals surface area contributed by atoms with Crippen LogP contribution in [0.5, 0.6) is 5.75 Å². The monoisotopic (exact) mass is 460 g/mol. The van der Waals surface area contributed by atoms with Crippen molar-refractivity contribution in [3.8, 4) is 5.75 Å². The molecule has 2 saturated heterocycles. The van der Waals surface area contributed by atoms with Crippen molar-refractivity contribution in [1.29, 1.82) is 0 Å². The summed E-state index contributed by atoms with van der Waals surface area (Å²) in [5.74, 6) is 0.175. The number of hydrogen-bond acceptors (Lipinski definition) is 11. The van der Waals surface area contributed by atoms with Crippen LogP contribution in [0.3, 0.4) is 0 Å². The zero-order valence-electron chi connectivity index (χ0n) is 17.7. The van der Waals surface area contributed by atoms with Crippen molar-refractivity contribution >= 4 is 0 Å². The van der Waals surface area contributed by atoms with Gasteiger partial charge in [0.25, 0.3) is 0 Å². The molecule has 0 saturated carbocycles. The van der Waals surface area contributed by atoms with Crippen molar-refractivity contribution in [2.75, 3.05) is 19.8 Å². The molecule has 0 unspecified atom stereocenters. The van der Waals surface area contributed by atoms with Crippen molar-refractivity contribution in [1.82, 2.24) is 0 Å². The molecule has 2 heterocycles. The third kappa shape index (κ3) is 5.75. The maximum Gasteiger partial charge on any atom is 0.186 e. The normalized spacial score (nSPS) is 38.7.